The van der Waals surface area contributed by atoms with Crippen LogP contribution in [0.3, 0.4) is 0 Å². The van der Waals surface area contributed by atoms with Crippen molar-refractivity contribution < 1.29 is 4.42 Å². The summed E-state index contributed by atoms with van der Waals surface area (Å²) in [5.74, 6) is 0.404. The quantitative estimate of drug-likeness (QED) is 0.600. The summed E-state index contributed by atoms with van der Waals surface area (Å²) >= 11 is 6.03. The summed E-state index contributed by atoms with van der Waals surface area (Å²) in [6.45, 7) is 5.00. The molecule has 1 aliphatic rings. The highest BCUT2D eigenvalue weighted by Gasteiger charge is 2.18. The van der Waals surface area contributed by atoms with Gasteiger partial charge < -0.3 is 9.73 Å². The molecule has 4 heteroatoms. The van der Waals surface area contributed by atoms with Gasteiger partial charge in [-0.1, -0.05) is 37.6 Å². The molecule has 0 fully saturated rings. The molecule has 1 aliphatic carbocycles. The van der Waals surface area contributed by atoms with Crippen molar-refractivity contribution in [3.8, 4) is 0 Å². The van der Waals surface area contributed by atoms with Gasteiger partial charge in [-0.15, -0.1) is 0 Å². The maximum atomic E-state index is 12.1. The maximum Gasteiger partial charge on any atom is 0.336 e. The van der Waals surface area contributed by atoms with Gasteiger partial charge in [-0.25, -0.2) is 4.79 Å². The van der Waals surface area contributed by atoms with Crippen LogP contribution in [0.5, 0.6) is 0 Å². The molecule has 2 aromatic carbocycles. The van der Waals surface area contributed by atoms with E-state index in [1.165, 1.54) is 23.1 Å². The highest BCUT2D eigenvalue weighted by molar-refractivity contribution is 6.30. The number of nitrogens with one attached hydrogen (secondary N) is 1. The Hall–Kier alpha value is -2.10. The van der Waals surface area contributed by atoms with Crippen molar-refractivity contribution in [3.63, 3.8) is 0 Å². The fourth-order valence-electron chi connectivity index (χ4n) is 4.07. The maximum absolute atomic E-state index is 12.1. The molecule has 1 atom stereocenters. The molecule has 140 valence electrons. The van der Waals surface area contributed by atoms with E-state index in [1.54, 1.807) is 6.07 Å². The first-order valence-electron chi connectivity index (χ1n) is 9.58. The molecule has 0 radical (unpaired) electrons. The second kappa shape index (κ2) is 7.49. The summed E-state index contributed by atoms with van der Waals surface area (Å²) in [5, 5.41) is 5.42. The van der Waals surface area contributed by atoms with Crippen LogP contribution in [0.15, 0.2) is 51.7 Å². The first kappa shape index (κ1) is 18.3. The zero-order valence-electron chi connectivity index (χ0n) is 15.7. The molecule has 1 heterocycles. The Balaban J connectivity index is 1.66. The minimum atomic E-state index is -0.287. The van der Waals surface area contributed by atoms with Crippen molar-refractivity contribution in [2.45, 2.75) is 45.7 Å². The molecule has 0 bridgehead atoms. The summed E-state index contributed by atoms with van der Waals surface area (Å²) in [6.07, 6.45) is 3.36. The molecular formula is C23H24ClNO2. The smallest absolute Gasteiger partial charge is 0.336 e. The summed E-state index contributed by atoms with van der Waals surface area (Å²) < 4.78 is 5.48. The molecule has 0 spiro atoms. The third kappa shape index (κ3) is 3.80. The fourth-order valence-corrected chi connectivity index (χ4v) is 4.20. The molecule has 0 amide bonds. The van der Waals surface area contributed by atoms with Gasteiger partial charge in [0.05, 0.1) is 0 Å². The van der Waals surface area contributed by atoms with Crippen LogP contribution in [0, 0.1) is 5.92 Å². The summed E-state index contributed by atoms with van der Waals surface area (Å²) in [7, 11) is 0. The van der Waals surface area contributed by atoms with Crippen LogP contribution in [0.1, 0.15) is 48.6 Å². The third-order valence-corrected chi connectivity index (χ3v) is 5.70. The lowest BCUT2D eigenvalue weighted by molar-refractivity contribution is 0.410. The molecule has 1 N–H and O–H groups in total. The molecule has 3 aromatic rings. The third-order valence-electron chi connectivity index (χ3n) is 5.45. The van der Waals surface area contributed by atoms with Crippen LogP contribution in [0.25, 0.3) is 11.0 Å². The van der Waals surface area contributed by atoms with Crippen molar-refractivity contribution in [1.29, 1.82) is 0 Å². The SMILES string of the molecule is CC(C)[C@@H](NCc1cc(=O)oc2cc3c(cc12)CCC3)c1ccc(Cl)cc1. The lowest BCUT2D eigenvalue weighted by Crippen LogP contribution is -2.26. The first-order valence-corrected chi connectivity index (χ1v) is 9.96. The number of benzene rings is 2. The topological polar surface area (TPSA) is 42.2 Å². The van der Waals surface area contributed by atoms with Gasteiger partial charge in [-0.3, -0.25) is 0 Å². The monoisotopic (exact) mass is 381 g/mol. The minimum absolute atomic E-state index is 0.180. The Bertz CT molecular complexity index is 1020. The number of fused-ring (bicyclic) bond motifs is 2. The molecular weight excluding hydrogens is 358 g/mol. The van der Waals surface area contributed by atoms with Crippen LogP contribution in [-0.2, 0) is 19.4 Å². The van der Waals surface area contributed by atoms with Gasteiger partial charge >= 0.3 is 5.63 Å². The van der Waals surface area contributed by atoms with Gasteiger partial charge in [-0.05, 0) is 71.7 Å². The normalized spacial score (nSPS) is 14.7. The van der Waals surface area contributed by atoms with Crippen molar-refractivity contribution in [2.75, 3.05) is 0 Å². The number of aryl methyl sites for hydroxylation is 2. The molecule has 3 nitrogen and oxygen atoms in total. The van der Waals surface area contributed by atoms with E-state index < -0.39 is 0 Å². The van der Waals surface area contributed by atoms with E-state index in [1.807, 2.05) is 12.1 Å². The highest BCUT2D eigenvalue weighted by atomic mass is 35.5. The Morgan fingerprint density at radius 3 is 2.48 bits per heavy atom. The number of rotatable bonds is 5. The van der Waals surface area contributed by atoms with Gasteiger partial charge in [0.25, 0.3) is 0 Å². The minimum Gasteiger partial charge on any atom is -0.423 e. The lowest BCUT2D eigenvalue weighted by Gasteiger charge is -2.23. The second-order valence-electron chi connectivity index (χ2n) is 7.72. The largest absolute Gasteiger partial charge is 0.423 e. The predicted molar refractivity (Wildman–Crippen MR) is 110 cm³/mol. The van der Waals surface area contributed by atoms with Crippen LogP contribution in [0.2, 0.25) is 5.02 Å². The standard InChI is InChI=1S/C23H24ClNO2/c1-14(2)23(15-6-8-19(24)9-7-15)25-13-18-12-22(26)27-21-11-17-5-3-4-16(17)10-20(18)21/h6-12,14,23,25H,3-5,13H2,1-2H3/t23-/m1/s1. The van der Waals surface area contributed by atoms with Crippen molar-refractivity contribution in [3.05, 3.63) is 80.2 Å². The Morgan fingerprint density at radius 1 is 1.07 bits per heavy atom. The highest BCUT2D eigenvalue weighted by Crippen LogP contribution is 2.29. The average molecular weight is 382 g/mol. The summed E-state index contributed by atoms with van der Waals surface area (Å²) in [6, 6.07) is 14.0. The van der Waals surface area contributed by atoms with Gasteiger partial charge in [0, 0.05) is 29.1 Å². The van der Waals surface area contributed by atoms with Crippen LogP contribution in [-0.4, -0.2) is 0 Å². The van der Waals surface area contributed by atoms with Crippen LogP contribution >= 0.6 is 11.6 Å². The number of hydrogen-bond donors (Lipinski definition) is 1. The fraction of sp³-hybridized carbons (Fsp3) is 0.348. The zero-order chi connectivity index (χ0) is 19.0. The van der Waals surface area contributed by atoms with E-state index in [-0.39, 0.29) is 11.7 Å². The van der Waals surface area contributed by atoms with E-state index in [4.69, 9.17) is 16.0 Å². The number of halogens is 1. The molecule has 1 aromatic heterocycles. The van der Waals surface area contributed by atoms with E-state index in [0.29, 0.717) is 18.0 Å². The molecule has 27 heavy (non-hydrogen) atoms. The summed E-state index contributed by atoms with van der Waals surface area (Å²) in [5.41, 5.74) is 5.31. The zero-order valence-corrected chi connectivity index (χ0v) is 16.5. The lowest BCUT2D eigenvalue weighted by atomic mass is 9.95. The van der Waals surface area contributed by atoms with E-state index in [9.17, 15) is 4.79 Å². The molecule has 0 saturated heterocycles. The van der Waals surface area contributed by atoms with Gasteiger partial charge in [-0.2, -0.15) is 0 Å². The second-order valence-corrected chi connectivity index (χ2v) is 8.15. The Kier molecular flexibility index (Phi) is 5.07. The Morgan fingerprint density at radius 2 is 1.78 bits per heavy atom. The van der Waals surface area contributed by atoms with Crippen molar-refractivity contribution in [2.24, 2.45) is 5.92 Å². The van der Waals surface area contributed by atoms with Crippen molar-refractivity contribution >= 4 is 22.6 Å². The molecule has 4 rings (SSSR count). The van der Waals surface area contributed by atoms with E-state index in [2.05, 4.69) is 43.4 Å². The summed E-state index contributed by atoms with van der Waals surface area (Å²) in [4.78, 5) is 12.1. The average Bonchev–Trinajstić information content (AvgIpc) is 3.08. The van der Waals surface area contributed by atoms with Crippen LogP contribution in [0.4, 0.5) is 0 Å². The van der Waals surface area contributed by atoms with Gasteiger partial charge in [0.15, 0.2) is 0 Å². The van der Waals surface area contributed by atoms with Crippen LogP contribution < -0.4 is 10.9 Å². The van der Waals surface area contributed by atoms with E-state index in [0.717, 1.165) is 28.8 Å². The molecule has 0 unspecified atom stereocenters. The molecule has 0 saturated carbocycles. The number of hydrogen-bond acceptors (Lipinski definition) is 3. The van der Waals surface area contributed by atoms with Crippen molar-refractivity contribution in [1.82, 2.24) is 5.32 Å². The molecule has 0 aliphatic heterocycles. The van der Waals surface area contributed by atoms with Gasteiger partial charge in [0.1, 0.15) is 5.58 Å². The predicted octanol–water partition coefficient (Wildman–Crippen LogP) is 5.42. The Labute approximate surface area is 164 Å². The van der Waals surface area contributed by atoms with Gasteiger partial charge in [0.2, 0.25) is 0 Å². The first-order chi connectivity index (χ1) is 13.0. The van der Waals surface area contributed by atoms with E-state index >= 15 is 0 Å².